The lowest BCUT2D eigenvalue weighted by molar-refractivity contribution is -0.135. The zero-order chi connectivity index (χ0) is 24.6. The second-order valence-electron chi connectivity index (χ2n) is 6.37. The third kappa shape index (κ3) is 11.2. The second kappa shape index (κ2) is 14.2. The number of benzene rings is 2. The summed E-state index contributed by atoms with van der Waals surface area (Å²) < 4.78 is 1.32. The summed E-state index contributed by atoms with van der Waals surface area (Å²) in [6.07, 6.45) is -0.403. The van der Waals surface area contributed by atoms with Gasteiger partial charge in [-0.05, 0) is 11.1 Å². The van der Waals surface area contributed by atoms with E-state index >= 15 is 0 Å². The number of nitrogens with zero attached hydrogens (tertiary/aromatic N) is 2. The van der Waals surface area contributed by atoms with Crippen molar-refractivity contribution in [2.75, 3.05) is 5.73 Å². The van der Waals surface area contributed by atoms with E-state index in [1.165, 1.54) is 16.7 Å². The van der Waals surface area contributed by atoms with Crippen molar-refractivity contribution in [2.24, 2.45) is 5.73 Å². The van der Waals surface area contributed by atoms with Gasteiger partial charge in [0.25, 0.3) is 5.56 Å². The van der Waals surface area contributed by atoms with Gasteiger partial charge in [-0.1, -0.05) is 60.7 Å². The van der Waals surface area contributed by atoms with Gasteiger partial charge in [0.15, 0.2) is 0 Å². The van der Waals surface area contributed by atoms with Crippen LogP contribution < -0.4 is 28.0 Å². The van der Waals surface area contributed by atoms with E-state index in [9.17, 15) is 19.2 Å². The summed E-state index contributed by atoms with van der Waals surface area (Å²) in [5, 5.41) is 17.8. The molecule has 7 N–H and O–H groups in total. The fraction of sp³-hybridized carbons (Fsp3) is 0.136. The van der Waals surface area contributed by atoms with Crippen LogP contribution in [0.15, 0.2) is 76.3 Å². The van der Waals surface area contributed by atoms with Crippen LogP contribution in [-0.2, 0) is 17.9 Å². The van der Waals surface area contributed by atoms with Gasteiger partial charge >= 0.3 is 17.7 Å². The van der Waals surface area contributed by atoms with Crippen molar-refractivity contribution in [1.29, 1.82) is 5.26 Å². The minimum absolute atomic E-state index is 0.164. The Morgan fingerprint density at radius 1 is 1.03 bits per heavy atom. The summed E-state index contributed by atoms with van der Waals surface area (Å²) >= 11 is 0. The van der Waals surface area contributed by atoms with Crippen LogP contribution in [0.4, 0.5) is 10.6 Å². The Balaban J connectivity index is 0.000000278. The summed E-state index contributed by atoms with van der Waals surface area (Å²) in [5.74, 6) is -0.907. The summed E-state index contributed by atoms with van der Waals surface area (Å²) in [5.41, 5.74) is 11.5. The number of nitrogen functional groups attached to an aromatic ring is 1. The summed E-state index contributed by atoms with van der Waals surface area (Å²) in [6, 6.07) is 21.2. The number of aromatic nitrogens is 2. The first-order valence-electron chi connectivity index (χ1n) is 9.52. The maximum absolute atomic E-state index is 11.5. The van der Waals surface area contributed by atoms with Crippen LogP contribution in [0.1, 0.15) is 17.5 Å². The maximum atomic E-state index is 11.5. The number of amides is 2. The molecule has 0 saturated carbocycles. The van der Waals surface area contributed by atoms with Crippen LogP contribution in [0.25, 0.3) is 0 Å². The number of rotatable bonds is 5. The molecule has 11 heteroatoms. The number of carbonyl (C=O) groups is 2. The minimum atomic E-state index is -1.07. The highest BCUT2D eigenvalue weighted by Crippen LogP contribution is 2.03. The number of urea groups is 1. The zero-order valence-corrected chi connectivity index (χ0v) is 17.6. The van der Waals surface area contributed by atoms with E-state index in [2.05, 4.69) is 10.3 Å². The van der Waals surface area contributed by atoms with Gasteiger partial charge in [0, 0.05) is 12.6 Å². The predicted octanol–water partition coefficient (Wildman–Crippen LogP) is 1.01. The van der Waals surface area contributed by atoms with E-state index in [-0.39, 0.29) is 5.82 Å². The number of nitrogens with one attached hydrogen (secondary N) is 2. The predicted molar refractivity (Wildman–Crippen MR) is 122 cm³/mol. The van der Waals surface area contributed by atoms with Gasteiger partial charge in [-0.2, -0.15) is 5.26 Å². The molecule has 3 rings (SSSR count). The first kappa shape index (κ1) is 26.2. The minimum Gasteiger partial charge on any atom is -0.480 e. The number of primary amides is 1. The number of carboxylic acids is 1. The molecule has 2 aromatic carbocycles. The smallest absolute Gasteiger partial charge is 0.330 e. The molecule has 1 aromatic heterocycles. The Kier molecular flexibility index (Phi) is 11.3. The van der Waals surface area contributed by atoms with Gasteiger partial charge in [-0.15, -0.1) is 0 Å². The molecule has 0 unspecified atom stereocenters. The molecule has 0 saturated heterocycles. The number of hydrogen-bond donors (Lipinski definition) is 5. The van der Waals surface area contributed by atoms with Crippen LogP contribution in [0.3, 0.4) is 0 Å². The van der Waals surface area contributed by atoms with Gasteiger partial charge in [0.05, 0.1) is 12.6 Å². The Labute approximate surface area is 188 Å². The molecule has 0 fully saturated rings. The number of hydrogen-bond acceptors (Lipinski definition) is 6. The van der Waals surface area contributed by atoms with Gasteiger partial charge in [0.2, 0.25) is 0 Å². The molecule has 0 radical (unpaired) electrons. The summed E-state index contributed by atoms with van der Waals surface area (Å²) in [7, 11) is 0. The lowest BCUT2D eigenvalue weighted by atomic mass is 10.2. The number of H-pyrrole nitrogens is 1. The molecule has 33 heavy (non-hydrogen) atoms. The molecule has 0 spiro atoms. The van der Waals surface area contributed by atoms with Gasteiger partial charge in [-0.3, -0.25) is 19.1 Å². The van der Waals surface area contributed by atoms with Crippen molar-refractivity contribution in [2.45, 2.75) is 19.5 Å². The lowest BCUT2D eigenvalue weighted by Crippen LogP contribution is -2.31. The van der Waals surface area contributed by atoms with Crippen molar-refractivity contribution in [1.82, 2.24) is 14.9 Å². The number of aromatic amines is 1. The molecular weight excluding hydrogens is 428 g/mol. The third-order valence-electron chi connectivity index (χ3n) is 3.79. The highest BCUT2D eigenvalue weighted by atomic mass is 16.4. The van der Waals surface area contributed by atoms with Crippen molar-refractivity contribution in [3.8, 4) is 6.07 Å². The number of nitriles is 1. The van der Waals surface area contributed by atoms with Gasteiger partial charge < -0.3 is 21.9 Å². The molecule has 0 aliphatic carbocycles. The molecular formula is C22H24N6O5. The fourth-order valence-corrected chi connectivity index (χ4v) is 2.32. The Morgan fingerprint density at radius 3 is 2.00 bits per heavy atom. The van der Waals surface area contributed by atoms with E-state index in [0.717, 1.165) is 11.1 Å². The second-order valence-corrected chi connectivity index (χ2v) is 6.37. The number of carbonyl (C=O) groups excluding carboxylic acids is 1. The van der Waals surface area contributed by atoms with E-state index in [1.807, 2.05) is 60.7 Å². The van der Waals surface area contributed by atoms with Gasteiger partial charge in [-0.25, -0.2) is 9.59 Å². The van der Waals surface area contributed by atoms with Crippen LogP contribution in [0.2, 0.25) is 0 Å². The molecule has 11 nitrogen and oxygen atoms in total. The Morgan fingerprint density at radius 2 is 1.58 bits per heavy atom. The number of carboxylic acid groups (broad SMARTS) is 1. The van der Waals surface area contributed by atoms with E-state index in [1.54, 1.807) is 0 Å². The van der Waals surface area contributed by atoms with Crippen LogP contribution in [-0.4, -0.2) is 26.7 Å². The first-order chi connectivity index (χ1) is 15.7. The average Bonchev–Trinajstić information content (AvgIpc) is 2.77. The van der Waals surface area contributed by atoms with Crippen molar-refractivity contribution >= 4 is 17.8 Å². The summed E-state index contributed by atoms with van der Waals surface area (Å²) in [6.45, 7) is 0.846. The quantitative estimate of drug-likeness (QED) is 0.380. The maximum Gasteiger partial charge on any atom is 0.330 e. The lowest BCUT2D eigenvalue weighted by Gasteiger charge is -2.07. The largest absolute Gasteiger partial charge is 0.480 e. The Bertz CT molecular complexity index is 1180. The molecule has 0 atom stereocenters. The normalized spacial score (nSPS) is 9.18. The molecule has 1 heterocycles. The van der Waals surface area contributed by atoms with Crippen LogP contribution in [0.5, 0.6) is 0 Å². The van der Waals surface area contributed by atoms with Crippen molar-refractivity contribution < 1.29 is 14.7 Å². The number of anilines is 1. The average molecular weight is 452 g/mol. The van der Waals surface area contributed by atoms with E-state index in [0.29, 0.717) is 13.1 Å². The van der Waals surface area contributed by atoms with Crippen molar-refractivity contribution in [3.05, 3.63) is 98.7 Å². The molecule has 0 aliphatic heterocycles. The topological polar surface area (TPSA) is 197 Å². The highest BCUT2D eigenvalue weighted by Gasteiger charge is 2.03. The van der Waals surface area contributed by atoms with Crippen molar-refractivity contribution in [3.63, 3.8) is 0 Å². The van der Waals surface area contributed by atoms with E-state index < -0.39 is 29.7 Å². The highest BCUT2D eigenvalue weighted by molar-refractivity contribution is 5.71. The van der Waals surface area contributed by atoms with E-state index in [4.69, 9.17) is 21.8 Å². The number of nitrogens with two attached hydrogens (primary N) is 2. The third-order valence-corrected chi connectivity index (χ3v) is 3.79. The standard InChI is InChI=1S/C11H11N3O2.C8H10N2O.C3H3NO2/c12-9-6-10(15)13-11(16)14(9)7-8-4-2-1-3-5-8;9-8(11)10-6-7-4-2-1-3-5-7;4-2-1-3(5)6/h1-6H,7,12H2,(H,13,15,16);1-5H,6H2,(H3,9,10,11);1H2,(H,5,6). The Hall–Kier alpha value is -4.85. The SMILES string of the molecule is N#CCC(=O)O.NC(=O)NCc1ccccc1.Nc1cc(=O)[nH]c(=O)n1Cc1ccccc1. The first-order valence-corrected chi connectivity index (χ1v) is 9.52. The van der Waals surface area contributed by atoms with Crippen LogP contribution in [0, 0.1) is 11.3 Å². The molecule has 172 valence electrons. The molecule has 0 bridgehead atoms. The molecule has 3 aromatic rings. The van der Waals surface area contributed by atoms with Gasteiger partial charge in [0.1, 0.15) is 12.2 Å². The zero-order valence-electron chi connectivity index (χ0n) is 17.6. The number of aliphatic carboxylic acids is 1. The fourth-order valence-electron chi connectivity index (χ4n) is 2.32. The van der Waals surface area contributed by atoms with Crippen LogP contribution >= 0.6 is 0 Å². The molecule has 0 aliphatic rings. The molecule has 2 amide bonds. The summed E-state index contributed by atoms with van der Waals surface area (Å²) in [4.78, 5) is 44.3. The monoisotopic (exact) mass is 452 g/mol.